The van der Waals surface area contributed by atoms with E-state index in [2.05, 4.69) is 88.7 Å². The van der Waals surface area contributed by atoms with E-state index in [0.29, 0.717) is 22.7 Å². The maximum atomic E-state index is 13.7. The molecule has 216 valence electrons. The van der Waals surface area contributed by atoms with Crippen LogP contribution in [0.5, 0.6) is 0 Å². The molecule has 4 heteroatoms. The number of allylic oxidation sites excluding steroid dienone is 5. The van der Waals surface area contributed by atoms with E-state index in [1.54, 1.807) is 6.07 Å². The second kappa shape index (κ2) is 10.5. The molecule has 0 unspecified atom stereocenters. The minimum Gasteiger partial charge on any atom is -0.336 e. The summed E-state index contributed by atoms with van der Waals surface area (Å²) >= 11 is 0. The van der Waals surface area contributed by atoms with E-state index in [0.717, 1.165) is 45.4 Å². The molecule has 0 N–H and O–H groups in total. The maximum absolute atomic E-state index is 13.7. The first kappa shape index (κ1) is 28.4. The van der Waals surface area contributed by atoms with Crippen LogP contribution >= 0.6 is 0 Å². The summed E-state index contributed by atoms with van der Waals surface area (Å²) in [6, 6.07) is 20.5. The number of imide groups is 1. The highest BCUT2D eigenvalue weighted by molar-refractivity contribution is 6.23. The number of amides is 2. The van der Waals surface area contributed by atoms with Gasteiger partial charge in [-0.2, -0.15) is 0 Å². The van der Waals surface area contributed by atoms with Crippen LogP contribution in [0.4, 0.5) is 0 Å². The summed E-state index contributed by atoms with van der Waals surface area (Å²) in [5, 5.41) is 3.96. The van der Waals surface area contributed by atoms with Crippen molar-refractivity contribution >= 4 is 35.7 Å². The number of benzene rings is 3. The van der Waals surface area contributed by atoms with Crippen LogP contribution in [0.25, 0.3) is 35.1 Å². The van der Waals surface area contributed by atoms with Crippen molar-refractivity contribution in [2.45, 2.75) is 58.9 Å². The lowest BCUT2D eigenvalue weighted by Crippen LogP contribution is -2.38. The van der Waals surface area contributed by atoms with Crippen LogP contribution in [-0.4, -0.2) is 21.3 Å². The molecule has 1 aliphatic heterocycles. The summed E-state index contributed by atoms with van der Waals surface area (Å²) in [6.07, 6.45) is 9.45. The molecule has 2 heterocycles. The van der Waals surface area contributed by atoms with Gasteiger partial charge in [-0.25, -0.2) is 4.90 Å². The van der Waals surface area contributed by atoms with Crippen molar-refractivity contribution in [3.8, 4) is 11.1 Å². The highest BCUT2D eigenvalue weighted by atomic mass is 16.2. The van der Waals surface area contributed by atoms with E-state index in [9.17, 15) is 9.59 Å². The van der Waals surface area contributed by atoms with Crippen LogP contribution in [0.3, 0.4) is 0 Å². The summed E-state index contributed by atoms with van der Waals surface area (Å²) in [5.74, 6) is -0.0803. The zero-order valence-corrected chi connectivity index (χ0v) is 25.7. The third-order valence-corrected chi connectivity index (χ3v) is 8.57. The molecule has 4 aromatic rings. The second-order valence-electron chi connectivity index (χ2n) is 13.0. The van der Waals surface area contributed by atoms with Crippen molar-refractivity contribution in [3.63, 3.8) is 0 Å². The van der Waals surface area contributed by atoms with E-state index >= 15 is 0 Å². The van der Waals surface area contributed by atoms with Gasteiger partial charge in [0, 0.05) is 27.0 Å². The van der Waals surface area contributed by atoms with Crippen molar-refractivity contribution in [3.05, 3.63) is 129 Å². The molecule has 0 fully saturated rings. The molecule has 0 spiro atoms. The highest BCUT2D eigenvalue weighted by Gasteiger charge is 2.37. The van der Waals surface area contributed by atoms with E-state index in [4.69, 9.17) is 0 Å². The van der Waals surface area contributed by atoms with E-state index in [1.807, 2.05) is 42.5 Å². The van der Waals surface area contributed by atoms with Crippen molar-refractivity contribution < 1.29 is 9.59 Å². The molecule has 0 saturated heterocycles. The zero-order valence-electron chi connectivity index (χ0n) is 25.7. The molecule has 1 aliphatic carbocycles. The Bertz CT molecular complexity index is 1990. The van der Waals surface area contributed by atoms with Gasteiger partial charge in [0.15, 0.2) is 0 Å². The monoisotopic (exact) mass is 566 g/mol. The SMILES string of the molecule is C=c1c2ccc(-c3ccc4c(c3)C(=O)N(C3=CC=C(Cc5ccc(C(C)C)cc5)CC=C3)C4=O)cc2c(=C)n1C(C)(C)C. The van der Waals surface area contributed by atoms with Crippen molar-refractivity contribution in [1.29, 1.82) is 0 Å². The first-order valence-electron chi connectivity index (χ1n) is 14.9. The zero-order chi connectivity index (χ0) is 30.6. The van der Waals surface area contributed by atoms with Crippen LogP contribution in [0.2, 0.25) is 0 Å². The van der Waals surface area contributed by atoms with Gasteiger partial charge in [-0.1, -0.05) is 87.2 Å². The van der Waals surface area contributed by atoms with Crippen molar-refractivity contribution in [2.24, 2.45) is 0 Å². The number of rotatable bonds is 5. The largest absolute Gasteiger partial charge is 0.336 e. The Morgan fingerprint density at radius 1 is 0.791 bits per heavy atom. The fourth-order valence-corrected chi connectivity index (χ4v) is 6.30. The summed E-state index contributed by atoms with van der Waals surface area (Å²) in [7, 11) is 0. The van der Waals surface area contributed by atoms with Crippen LogP contribution in [0, 0.1) is 0 Å². The first-order valence-corrected chi connectivity index (χ1v) is 14.9. The van der Waals surface area contributed by atoms with Gasteiger partial charge < -0.3 is 4.57 Å². The first-order chi connectivity index (χ1) is 20.4. The van der Waals surface area contributed by atoms with E-state index in [1.165, 1.54) is 21.6 Å². The Kier molecular flexibility index (Phi) is 6.96. The molecule has 1 aromatic heterocycles. The van der Waals surface area contributed by atoms with Gasteiger partial charge in [0.05, 0.1) is 16.8 Å². The fourth-order valence-electron chi connectivity index (χ4n) is 6.30. The Morgan fingerprint density at radius 3 is 2.14 bits per heavy atom. The summed E-state index contributed by atoms with van der Waals surface area (Å²) in [4.78, 5) is 28.4. The summed E-state index contributed by atoms with van der Waals surface area (Å²) in [6.45, 7) is 19.5. The van der Waals surface area contributed by atoms with Crippen molar-refractivity contribution in [1.82, 2.24) is 9.47 Å². The molecule has 43 heavy (non-hydrogen) atoms. The molecule has 2 amide bonds. The Labute approximate surface area is 253 Å². The predicted octanol–water partition coefficient (Wildman–Crippen LogP) is 7.62. The van der Waals surface area contributed by atoms with Crippen molar-refractivity contribution in [2.75, 3.05) is 0 Å². The van der Waals surface area contributed by atoms with Gasteiger partial charge >= 0.3 is 0 Å². The third-order valence-electron chi connectivity index (χ3n) is 8.57. The lowest BCUT2D eigenvalue weighted by atomic mass is 9.98. The fraction of sp³-hybridized carbons (Fsp3) is 0.231. The van der Waals surface area contributed by atoms with E-state index < -0.39 is 0 Å². The summed E-state index contributed by atoms with van der Waals surface area (Å²) < 4.78 is 2.17. The van der Waals surface area contributed by atoms with Gasteiger partial charge in [-0.05, 0) is 92.1 Å². The molecule has 3 aromatic carbocycles. The van der Waals surface area contributed by atoms with Crippen LogP contribution in [0.1, 0.15) is 78.8 Å². The molecule has 0 radical (unpaired) electrons. The molecule has 0 saturated carbocycles. The lowest BCUT2D eigenvalue weighted by Gasteiger charge is -2.22. The molecule has 4 nitrogen and oxygen atoms in total. The van der Waals surface area contributed by atoms with Gasteiger partial charge in [0.25, 0.3) is 11.8 Å². The number of aromatic nitrogens is 1. The predicted molar refractivity (Wildman–Crippen MR) is 177 cm³/mol. The summed E-state index contributed by atoms with van der Waals surface area (Å²) in [5.41, 5.74) is 6.96. The molecule has 6 rings (SSSR count). The number of hydrogen-bond donors (Lipinski definition) is 0. The average Bonchev–Trinajstić information content (AvgIpc) is 3.23. The normalized spacial score (nSPS) is 15.3. The second-order valence-corrected chi connectivity index (χ2v) is 13.0. The molecule has 2 aliphatic rings. The topological polar surface area (TPSA) is 42.3 Å². The van der Waals surface area contributed by atoms with Crippen LogP contribution < -0.4 is 10.7 Å². The molecular formula is C39H38N2O2. The van der Waals surface area contributed by atoms with Crippen LogP contribution in [0.15, 0.2) is 96.2 Å². The minimum absolute atomic E-state index is 0.146. The van der Waals surface area contributed by atoms with Crippen LogP contribution in [-0.2, 0) is 12.0 Å². The smallest absolute Gasteiger partial charge is 0.266 e. The third kappa shape index (κ3) is 5.01. The molecule has 0 bridgehead atoms. The van der Waals surface area contributed by atoms with Gasteiger partial charge in [0.2, 0.25) is 0 Å². The maximum Gasteiger partial charge on any atom is 0.266 e. The van der Waals surface area contributed by atoms with Gasteiger partial charge in [-0.3, -0.25) is 9.59 Å². The molecular weight excluding hydrogens is 528 g/mol. The number of fused-ring (bicyclic) bond motifs is 2. The number of hydrogen-bond acceptors (Lipinski definition) is 2. The number of carbonyl (C=O) groups is 2. The van der Waals surface area contributed by atoms with Gasteiger partial charge in [0.1, 0.15) is 0 Å². The van der Waals surface area contributed by atoms with Gasteiger partial charge in [-0.15, -0.1) is 0 Å². The molecule has 0 atom stereocenters. The number of carbonyl (C=O) groups excluding carboxylic acids is 2. The lowest BCUT2D eigenvalue weighted by molar-refractivity contribution is 0.0709. The quantitative estimate of drug-likeness (QED) is 0.233. The Balaban J connectivity index is 1.28. The minimum atomic E-state index is -0.295. The Morgan fingerprint density at radius 2 is 1.44 bits per heavy atom. The Hall–Kier alpha value is -4.70. The highest BCUT2D eigenvalue weighted by Crippen LogP contribution is 2.32. The number of nitrogens with zero attached hydrogens (tertiary/aromatic N) is 2. The average molecular weight is 567 g/mol. The van der Waals surface area contributed by atoms with E-state index in [-0.39, 0.29) is 17.4 Å². The standard InChI is InChI=1S/C39H38N2O2/c1-24(2)29-14-11-28(12-15-29)21-27-9-8-10-32(18-13-27)40-37(42)34-20-17-31(23-36(34)38(40)43)30-16-19-33-25(3)41(39(5,6)7)26(4)35(33)22-30/h8,10-20,22-24H,3-4,9,21H2,1-2,5-7H3.